The maximum Gasteiger partial charge on any atom is 0.223 e. The number of carbonyl (C=O) groups excluding carboxylic acids is 1. The first-order chi connectivity index (χ1) is 7.65. The molecule has 92 valence electrons. The summed E-state index contributed by atoms with van der Waals surface area (Å²) in [7, 11) is 2.11. The number of piperidine rings is 1. The molecule has 4 heteroatoms. The molecular formula is C12H23N3O. The van der Waals surface area contributed by atoms with E-state index in [9.17, 15) is 4.79 Å². The first-order valence-electron chi connectivity index (χ1n) is 6.39. The summed E-state index contributed by atoms with van der Waals surface area (Å²) in [5.41, 5.74) is 5.83. The molecular weight excluding hydrogens is 202 g/mol. The van der Waals surface area contributed by atoms with E-state index >= 15 is 0 Å². The van der Waals surface area contributed by atoms with Crippen LogP contribution in [-0.4, -0.2) is 43.0 Å². The Morgan fingerprint density at radius 1 is 1.38 bits per heavy atom. The van der Waals surface area contributed by atoms with Crippen molar-refractivity contribution < 1.29 is 4.79 Å². The van der Waals surface area contributed by atoms with Gasteiger partial charge in [0.05, 0.1) is 0 Å². The summed E-state index contributed by atoms with van der Waals surface area (Å²) in [6.07, 6.45) is 5.15. The van der Waals surface area contributed by atoms with Gasteiger partial charge in [0.1, 0.15) is 0 Å². The molecule has 0 aromatic rings. The van der Waals surface area contributed by atoms with Gasteiger partial charge in [-0.1, -0.05) is 0 Å². The fourth-order valence-corrected chi connectivity index (χ4v) is 2.86. The molecule has 0 aromatic heterocycles. The predicted molar refractivity (Wildman–Crippen MR) is 64.0 cm³/mol. The monoisotopic (exact) mass is 225 g/mol. The van der Waals surface area contributed by atoms with E-state index in [1.54, 1.807) is 0 Å². The van der Waals surface area contributed by atoms with Gasteiger partial charge in [-0.15, -0.1) is 0 Å². The molecule has 1 saturated heterocycles. The highest BCUT2D eigenvalue weighted by molar-refractivity contribution is 5.79. The van der Waals surface area contributed by atoms with E-state index in [1.807, 2.05) is 0 Å². The van der Waals surface area contributed by atoms with E-state index in [4.69, 9.17) is 5.73 Å². The van der Waals surface area contributed by atoms with Gasteiger partial charge in [-0.05, 0) is 45.7 Å². The van der Waals surface area contributed by atoms with Crippen LogP contribution in [-0.2, 0) is 4.79 Å². The molecule has 0 spiro atoms. The van der Waals surface area contributed by atoms with Gasteiger partial charge in [0.15, 0.2) is 0 Å². The van der Waals surface area contributed by atoms with Crippen LogP contribution in [0, 0.1) is 5.92 Å². The highest BCUT2D eigenvalue weighted by atomic mass is 16.2. The van der Waals surface area contributed by atoms with Gasteiger partial charge in [0.2, 0.25) is 5.91 Å². The molecule has 1 saturated carbocycles. The van der Waals surface area contributed by atoms with Crippen LogP contribution in [0.5, 0.6) is 0 Å². The molecule has 0 radical (unpaired) electrons. The first-order valence-corrected chi connectivity index (χ1v) is 6.39. The second-order valence-corrected chi connectivity index (χ2v) is 5.38. The number of hydrogen-bond donors (Lipinski definition) is 2. The second kappa shape index (κ2) is 5.15. The van der Waals surface area contributed by atoms with Crippen LogP contribution in [0.3, 0.4) is 0 Å². The maximum absolute atomic E-state index is 12.0. The zero-order valence-electron chi connectivity index (χ0n) is 10.1. The van der Waals surface area contributed by atoms with E-state index in [0.717, 1.165) is 38.8 Å². The van der Waals surface area contributed by atoms with Crippen molar-refractivity contribution in [2.24, 2.45) is 11.7 Å². The van der Waals surface area contributed by atoms with Gasteiger partial charge < -0.3 is 16.0 Å². The minimum absolute atomic E-state index is 0.169. The standard InChI is InChI=1S/C12H23N3O/c1-15-6-2-3-11(8-15)14-12(16)9-4-5-10(13)7-9/h9-11H,2-8,13H2,1H3,(H,14,16). The average molecular weight is 225 g/mol. The Morgan fingerprint density at radius 2 is 2.19 bits per heavy atom. The third kappa shape index (κ3) is 2.95. The molecule has 1 aliphatic carbocycles. The number of nitrogens with one attached hydrogen (secondary N) is 1. The lowest BCUT2D eigenvalue weighted by Crippen LogP contribution is -2.47. The lowest BCUT2D eigenvalue weighted by Gasteiger charge is -2.30. The highest BCUT2D eigenvalue weighted by Gasteiger charge is 2.29. The molecule has 0 aromatic carbocycles. The Balaban J connectivity index is 1.78. The van der Waals surface area contributed by atoms with Crippen LogP contribution < -0.4 is 11.1 Å². The number of hydrogen-bond acceptors (Lipinski definition) is 3. The molecule has 1 amide bonds. The van der Waals surface area contributed by atoms with Crippen molar-refractivity contribution in [1.82, 2.24) is 10.2 Å². The minimum Gasteiger partial charge on any atom is -0.352 e. The third-order valence-corrected chi connectivity index (χ3v) is 3.81. The molecule has 2 rings (SSSR count). The zero-order valence-corrected chi connectivity index (χ0v) is 10.1. The molecule has 2 aliphatic rings. The lowest BCUT2D eigenvalue weighted by molar-refractivity contribution is -0.125. The maximum atomic E-state index is 12.0. The molecule has 3 N–H and O–H groups in total. The van der Waals surface area contributed by atoms with Gasteiger partial charge in [0.25, 0.3) is 0 Å². The van der Waals surface area contributed by atoms with E-state index in [1.165, 1.54) is 6.42 Å². The second-order valence-electron chi connectivity index (χ2n) is 5.38. The SMILES string of the molecule is CN1CCCC(NC(=O)C2CCC(N)C2)C1. The lowest BCUT2D eigenvalue weighted by atomic mass is 10.0. The Bertz CT molecular complexity index is 257. The smallest absolute Gasteiger partial charge is 0.223 e. The fraction of sp³-hybridized carbons (Fsp3) is 0.917. The normalized spacial score (nSPS) is 36.2. The van der Waals surface area contributed by atoms with Crippen LogP contribution in [0.1, 0.15) is 32.1 Å². The molecule has 16 heavy (non-hydrogen) atoms. The van der Waals surface area contributed by atoms with Gasteiger partial charge >= 0.3 is 0 Å². The molecule has 3 atom stereocenters. The van der Waals surface area contributed by atoms with Crippen molar-refractivity contribution in [2.45, 2.75) is 44.2 Å². The number of carbonyl (C=O) groups is 1. The molecule has 0 bridgehead atoms. The Hall–Kier alpha value is -0.610. The number of amides is 1. The van der Waals surface area contributed by atoms with E-state index in [0.29, 0.717) is 6.04 Å². The van der Waals surface area contributed by atoms with Crippen molar-refractivity contribution in [3.8, 4) is 0 Å². The summed E-state index contributed by atoms with van der Waals surface area (Å²) in [6, 6.07) is 0.591. The summed E-state index contributed by atoms with van der Waals surface area (Å²) < 4.78 is 0. The Kier molecular flexibility index (Phi) is 3.82. The largest absolute Gasteiger partial charge is 0.352 e. The van der Waals surface area contributed by atoms with Gasteiger partial charge in [-0.25, -0.2) is 0 Å². The molecule has 3 unspecified atom stereocenters. The predicted octanol–water partition coefficient (Wildman–Crippen LogP) is 0.324. The van der Waals surface area contributed by atoms with Crippen LogP contribution in [0.2, 0.25) is 0 Å². The summed E-state index contributed by atoms with van der Waals surface area (Å²) in [4.78, 5) is 14.3. The van der Waals surface area contributed by atoms with Gasteiger partial charge in [0, 0.05) is 24.5 Å². The highest BCUT2D eigenvalue weighted by Crippen LogP contribution is 2.24. The zero-order chi connectivity index (χ0) is 11.5. The number of nitrogens with zero attached hydrogens (tertiary/aromatic N) is 1. The van der Waals surface area contributed by atoms with Crippen LogP contribution in [0.15, 0.2) is 0 Å². The van der Waals surface area contributed by atoms with E-state index in [2.05, 4.69) is 17.3 Å². The van der Waals surface area contributed by atoms with E-state index in [-0.39, 0.29) is 17.9 Å². The fourth-order valence-electron chi connectivity index (χ4n) is 2.86. The summed E-state index contributed by atoms with van der Waals surface area (Å²) in [5.74, 6) is 0.399. The summed E-state index contributed by atoms with van der Waals surface area (Å²) in [5, 5.41) is 3.18. The average Bonchev–Trinajstić information content (AvgIpc) is 2.65. The number of likely N-dealkylation sites (N-methyl/N-ethyl adjacent to an activating group) is 1. The third-order valence-electron chi connectivity index (χ3n) is 3.81. The van der Waals surface area contributed by atoms with Crippen molar-refractivity contribution in [3.63, 3.8) is 0 Å². The summed E-state index contributed by atoms with van der Waals surface area (Å²) >= 11 is 0. The van der Waals surface area contributed by atoms with Crippen molar-refractivity contribution >= 4 is 5.91 Å². The topological polar surface area (TPSA) is 58.4 Å². The van der Waals surface area contributed by atoms with Crippen molar-refractivity contribution in [1.29, 1.82) is 0 Å². The Morgan fingerprint density at radius 3 is 2.81 bits per heavy atom. The van der Waals surface area contributed by atoms with Crippen LogP contribution in [0.25, 0.3) is 0 Å². The molecule has 1 heterocycles. The van der Waals surface area contributed by atoms with Crippen LogP contribution in [0.4, 0.5) is 0 Å². The quantitative estimate of drug-likeness (QED) is 0.712. The van der Waals surface area contributed by atoms with Crippen molar-refractivity contribution in [3.05, 3.63) is 0 Å². The number of likely N-dealkylation sites (tertiary alicyclic amines) is 1. The number of rotatable bonds is 2. The van der Waals surface area contributed by atoms with Gasteiger partial charge in [-0.3, -0.25) is 4.79 Å². The minimum atomic E-state index is 0.169. The van der Waals surface area contributed by atoms with Crippen LogP contribution >= 0.6 is 0 Å². The van der Waals surface area contributed by atoms with E-state index < -0.39 is 0 Å². The number of nitrogens with two attached hydrogens (primary N) is 1. The molecule has 2 fully saturated rings. The molecule has 4 nitrogen and oxygen atoms in total. The molecule has 1 aliphatic heterocycles. The Labute approximate surface area is 97.6 Å². The van der Waals surface area contributed by atoms with Crippen molar-refractivity contribution in [2.75, 3.05) is 20.1 Å². The first kappa shape index (κ1) is 11.9. The van der Waals surface area contributed by atoms with Gasteiger partial charge in [-0.2, -0.15) is 0 Å². The summed E-state index contributed by atoms with van der Waals surface area (Å²) in [6.45, 7) is 2.14.